The molecule has 0 spiro atoms. The molecule has 0 aromatic rings. The van der Waals surface area contributed by atoms with Crippen LogP contribution in [0.3, 0.4) is 0 Å². The average molecular weight is 423 g/mol. The van der Waals surface area contributed by atoms with Gasteiger partial charge in [0.1, 0.15) is 0 Å². The monoisotopic (exact) mass is 422 g/mol. The van der Waals surface area contributed by atoms with Gasteiger partial charge in [-0.05, 0) is 0 Å². The molecular formula is H15AlAsGaInSb. The zero-order valence-corrected chi connectivity index (χ0v) is 8.42. The molecule has 0 aliphatic rings. The molecule has 0 amide bonds. The average Bonchev–Trinajstić information content (AvgIpc) is 0. The minimum atomic E-state index is 0. The van der Waals surface area contributed by atoms with Crippen molar-refractivity contribution in [2.24, 2.45) is 0 Å². The molecule has 0 radical (unpaired) electrons. The molecule has 0 N–H and O–H groups in total. The Bertz CT molecular complexity index is 11.6. The fourth-order valence-electron chi connectivity index (χ4n) is 0. The van der Waals surface area contributed by atoms with Crippen LogP contribution in [-0.2, 0) is 0 Å². The van der Waals surface area contributed by atoms with Crippen LogP contribution in [0, 0.1) is 0 Å². The van der Waals surface area contributed by atoms with Gasteiger partial charge in [0, 0.05) is 0 Å². The predicted octanol–water partition coefficient (Wildman–Crippen LogP) is -5.92. The summed E-state index contributed by atoms with van der Waals surface area (Å²) in [6, 6.07) is 0. The maximum atomic E-state index is 0. The fraction of sp³-hybridized carbons (Fsp3) is 0. The summed E-state index contributed by atoms with van der Waals surface area (Å²) in [6.45, 7) is 0. The van der Waals surface area contributed by atoms with E-state index in [4.69, 9.17) is 0 Å². The molecule has 0 aromatic carbocycles. The second-order valence-electron chi connectivity index (χ2n) is 0. The van der Waals surface area contributed by atoms with Crippen LogP contribution in [0.25, 0.3) is 0 Å². The molecule has 0 fully saturated rings. The van der Waals surface area contributed by atoms with Gasteiger partial charge in [0.25, 0.3) is 0 Å². The van der Waals surface area contributed by atoms with Gasteiger partial charge in [-0.3, -0.25) is 0 Å². The molecule has 0 aromatic heterocycles. The quantitative estimate of drug-likeness (QED) is 0.341. The first-order chi connectivity index (χ1) is 0. The standard InChI is InChI=1S/Al.AsH3.Ga.In.Sb.12H/h;1H3;;;;;;;;;;;;;;;. The van der Waals surface area contributed by atoms with Gasteiger partial charge in [-0.2, -0.15) is 0 Å². The van der Waals surface area contributed by atoms with Crippen molar-refractivity contribution in [2.75, 3.05) is 0 Å². The summed E-state index contributed by atoms with van der Waals surface area (Å²) in [5, 5.41) is 0. The van der Waals surface area contributed by atoms with Gasteiger partial charge >= 0.3 is 88.0 Å². The van der Waals surface area contributed by atoms with Crippen LogP contribution >= 0.6 is 0 Å². The molecule has 5 heavy (non-hydrogen) atoms. The number of hydrogen-bond acceptors (Lipinski definition) is 0. The molecule has 1 atom stereocenters. The SMILES string of the molecule is [AlH3].[AsH3].[GaH3].[InH3].[SbH3]. The third-order valence-corrected chi connectivity index (χ3v) is 0. The van der Waals surface area contributed by atoms with Crippen molar-refractivity contribution in [3.8, 4) is 0 Å². The summed E-state index contributed by atoms with van der Waals surface area (Å²) in [5.74, 6) is 0. The Kier molecular flexibility index (Phi) is 208. The molecule has 0 aliphatic heterocycles. The Balaban J connectivity index is 0. The van der Waals surface area contributed by atoms with Crippen LogP contribution < -0.4 is 0 Å². The molecule has 0 rings (SSSR count). The molecule has 1 unspecified atom stereocenters. The summed E-state index contributed by atoms with van der Waals surface area (Å²) in [4.78, 5) is 0. The Morgan fingerprint density at radius 2 is 1.00 bits per heavy atom. The summed E-state index contributed by atoms with van der Waals surface area (Å²) >= 11 is 0. The zero-order chi connectivity index (χ0) is 0. The number of rotatable bonds is 0. The van der Waals surface area contributed by atoms with Crippen molar-refractivity contribution in [1.29, 1.82) is 0 Å². The van der Waals surface area contributed by atoms with Gasteiger partial charge in [-0.15, -0.1) is 0 Å². The van der Waals surface area contributed by atoms with Crippen LogP contribution in [0.1, 0.15) is 0 Å². The second kappa shape index (κ2) is 26.2. The third kappa shape index (κ3) is 18.6. The van der Waals surface area contributed by atoms with Crippen LogP contribution in [0.15, 0.2) is 0 Å². The van der Waals surface area contributed by atoms with Crippen molar-refractivity contribution in [1.82, 2.24) is 0 Å². The molecule has 0 heterocycles. The van der Waals surface area contributed by atoms with Crippen LogP contribution in [0.4, 0.5) is 0 Å². The molecule has 0 saturated heterocycles. The van der Waals surface area contributed by atoms with E-state index in [0.29, 0.717) is 0 Å². The minimum absolute atomic E-state index is 0. The predicted molar refractivity (Wildman–Crippen MR) is 49.7 cm³/mol. The van der Waals surface area contributed by atoms with E-state index in [1.54, 1.807) is 0 Å². The summed E-state index contributed by atoms with van der Waals surface area (Å²) in [5.41, 5.74) is 0. The fourth-order valence-corrected chi connectivity index (χ4v) is 0. The van der Waals surface area contributed by atoms with Gasteiger partial charge in [0.15, 0.2) is 17.4 Å². The van der Waals surface area contributed by atoms with Crippen molar-refractivity contribution in [3.05, 3.63) is 0 Å². The molecule has 0 saturated carbocycles. The normalized spacial score (nSPS) is 0. The summed E-state index contributed by atoms with van der Waals surface area (Å²) in [6.07, 6.45) is 0. The summed E-state index contributed by atoms with van der Waals surface area (Å²) < 4.78 is 0. The first-order valence-corrected chi connectivity index (χ1v) is 0. The Morgan fingerprint density at radius 3 is 1.00 bits per heavy atom. The van der Waals surface area contributed by atoms with Gasteiger partial charge in [0.05, 0.1) is 0 Å². The van der Waals surface area contributed by atoms with E-state index in [-0.39, 0.29) is 105 Å². The van der Waals surface area contributed by atoms with Gasteiger partial charge in [-0.1, -0.05) is 0 Å². The molecule has 5 heteroatoms. The molecule has 0 bridgehead atoms. The Labute approximate surface area is 103 Å². The van der Waals surface area contributed by atoms with Crippen LogP contribution in [0.5, 0.6) is 0 Å². The van der Waals surface area contributed by atoms with E-state index < -0.39 is 0 Å². The number of hydrogen-bond donors (Lipinski definition) is 0. The Morgan fingerprint density at radius 1 is 1.00 bits per heavy atom. The van der Waals surface area contributed by atoms with E-state index in [1.807, 2.05) is 0 Å². The zero-order valence-electron chi connectivity index (χ0n) is 1.41. The van der Waals surface area contributed by atoms with Crippen molar-refractivity contribution in [2.45, 2.75) is 0 Å². The van der Waals surface area contributed by atoms with Crippen molar-refractivity contribution in [3.63, 3.8) is 0 Å². The van der Waals surface area contributed by atoms with E-state index in [9.17, 15) is 0 Å². The topological polar surface area (TPSA) is 0 Å². The van der Waals surface area contributed by atoms with Gasteiger partial charge in [0.2, 0.25) is 0 Å². The Hall–Kier alpha value is 3.42. The van der Waals surface area contributed by atoms with Crippen LogP contribution in [0.2, 0.25) is 0 Å². The van der Waals surface area contributed by atoms with Crippen molar-refractivity contribution < 1.29 is 0 Å². The molecule has 0 nitrogen and oxygen atoms in total. The van der Waals surface area contributed by atoms with Gasteiger partial charge in [-0.25, -0.2) is 0 Å². The molecule has 0 aliphatic carbocycles. The third-order valence-electron chi connectivity index (χ3n) is 0. The molecular weight excluding hydrogens is 408 g/mol. The van der Waals surface area contributed by atoms with E-state index in [1.165, 1.54) is 0 Å². The van der Waals surface area contributed by atoms with E-state index in [2.05, 4.69) is 0 Å². The first-order valence-electron chi connectivity index (χ1n) is 0. The van der Waals surface area contributed by atoms with E-state index >= 15 is 0 Å². The first kappa shape index (κ1) is 39.7. The van der Waals surface area contributed by atoms with Crippen LogP contribution in [-0.4, -0.2) is 105 Å². The van der Waals surface area contributed by atoms with E-state index in [0.717, 1.165) is 0 Å². The molecule has 34 valence electrons. The van der Waals surface area contributed by atoms with Crippen molar-refractivity contribution >= 4 is 105 Å². The van der Waals surface area contributed by atoms with Gasteiger partial charge < -0.3 is 0 Å². The summed E-state index contributed by atoms with van der Waals surface area (Å²) in [7, 11) is 0. The second-order valence-corrected chi connectivity index (χ2v) is 0. The maximum absolute atomic E-state index is 0.